The molecule has 0 saturated carbocycles. The Balaban J connectivity index is 1.59. The third-order valence-electron chi connectivity index (χ3n) is 2.48. The third-order valence-corrected chi connectivity index (χ3v) is 3.64. The summed E-state index contributed by atoms with van der Waals surface area (Å²) in [5.41, 5.74) is 0. The van der Waals surface area contributed by atoms with Crippen molar-refractivity contribution in [3.8, 4) is 5.75 Å². The van der Waals surface area contributed by atoms with Gasteiger partial charge in [-0.3, -0.25) is 0 Å². The molecule has 1 unspecified atom stereocenters. The molecule has 1 fully saturated rings. The Morgan fingerprint density at radius 2 is 2.20 bits per heavy atom. The highest BCUT2D eigenvalue weighted by Gasteiger charge is 2.13. The maximum Gasteiger partial charge on any atom is 0.119 e. The van der Waals surface area contributed by atoms with E-state index in [1.54, 1.807) is 0 Å². The summed E-state index contributed by atoms with van der Waals surface area (Å²) in [5.74, 6) is 3.52. The maximum atomic E-state index is 5.60. The predicted molar refractivity (Wildman–Crippen MR) is 65.7 cm³/mol. The number of thioether (sulfide) groups is 1. The van der Waals surface area contributed by atoms with E-state index in [1.807, 2.05) is 42.1 Å². The van der Waals surface area contributed by atoms with Crippen molar-refractivity contribution in [2.75, 3.05) is 24.7 Å². The van der Waals surface area contributed by atoms with Crippen molar-refractivity contribution in [2.45, 2.75) is 12.5 Å². The summed E-state index contributed by atoms with van der Waals surface area (Å²) in [4.78, 5) is 0. The quantitative estimate of drug-likeness (QED) is 0.773. The van der Waals surface area contributed by atoms with Gasteiger partial charge in [-0.25, -0.2) is 0 Å². The van der Waals surface area contributed by atoms with Crippen LogP contribution in [-0.4, -0.2) is 30.7 Å². The molecule has 82 valence electrons. The van der Waals surface area contributed by atoms with Gasteiger partial charge in [-0.1, -0.05) is 18.2 Å². The number of rotatable bonds is 5. The summed E-state index contributed by atoms with van der Waals surface area (Å²) in [6, 6.07) is 10.7. The van der Waals surface area contributed by atoms with Gasteiger partial charge in [0, 0.05) is 18.3 Å². The summed E-state index contributed by atoms with van der Waals surface area (Å²) >= 11 is 2.03. The molecule has 1 aliphatic rings. The predicted octanol–water partition coefficient (Wildman–Crippen LogP) is 2.16. The van der Waals surface area contributed by atoms with Crippen molar-refractivity contribution in [3.63, 3.8) is 0 Å². The molecular weight excluding hydrogens is 206 g/mol. The molecule has 1 aromatic rings. The molecular formula is C12H17NOS. The molecule has 0 bridgehead atoms. The number of hydrogen-bond acceptors (Lipinski definition) is 3. The Bertz CT molecular complexity index is 272. The average Bonchev–Trinajstić information content (AvgIpc) is 2.79. The van der Waals surface area contributed by atoms with Gasteiger partial charge in [-0.2, -0.15) is 11.8 Å². The smallest absolute Gasteiger partial charge is 0.119 e. The van der Waals surface area contributed by atoms with Crippen LogP contribution in [-0.2, 0) is 0 Å². The van der Waals surface area contributed by atoms with E-state index in [4.69, 9.17) is 4.74 Å². The fourth-order valence-electron chi connectivity index (χ4n) is 1.64. The highest BCUT2D eigenvalue weighted by atomic mass is 32.2. The van der Waals surface area contributed by atoms with Crippen molar-refractivity contribution in [1.29, 1.82) is 0 Å². The number of benzene rings is 1. The Kier molecular flexibility index (Phi) is 4.36. The van der Waals surface area contributed by atoms with Crippen LogP contribution in [0.25, 0.3) is 0 Å². The molecule has 0 spiro atoms. The van der Waals surface area contributed by atoms with E-state index < -0.39 is 0 Å². The largest absolute Gasteiger partial charge is 0.492 e. The van der Waals surface area contributed by atoms with Crippen molar-refractivity contribution in [1.82, 2.24) is 5.32 Å². The molecule has 1 aromatic carbocycles. The molecule has 2 nitrogen and oxygen atoms in total. The van der Waals surface area contributed by atoms with Gasteiger partial charge in [0.1, 0.15) is 12.4 Å². The normalized spacial score (nSPS) is 20.4. The van der Waals surface area contributed by atoms with Crippen LogP contribution in [0.4, 0.5) is 0 Å². The lowest BCUT2D eigenvalue weighted by atomic mass is 10.3. The lowest BCUT2D eigenvalue weighted by Gasteiger charge is -2.11. The Hall–Kier alpha value is -0.670. The van der Waals surface area contributed by atoms with E-state index in [0.29, 0.717) is 6.04 Å². The summed E-state index contributed by atoms with van der Waals surface area (Å²) in [6.07, 6.45) is 1.30. The first-order valence-electron chi connectivity index (χ1n) is 5.44. The molecule has 0 amide bonds. The van der Waals surface area contributed by atoms with Crippen molar-refractivity contribution < 1.29 is 4.74 Å². The van der Waals surface area contributed by atoms with Crippen LogP contribution in [0, 0.1) is 0 Å². The van der Waals surface area contributed by atoms with E-state index in [9.17, 15) is 0 Å². The lowest BCUT2D eigenvalue weighted by Crippen LogP contribution is -2.32. The van der Waals surface area contributed by atoms with Gasteiger partial charge in [0.2, 0.25) is 0 Å². The average molecular weight is 223 g/mol. The Labute approximate surface area is 95.4 Å². The molecule has 15 heavy (non-hydrogen) atoms. The highest BCUT2D eigenvalue weighted by molar-refractivity contribution is 7.99. The van der Waals surface area contributed by atoms with E-state index in [-0.39, 0.29) is 0 Å². The van der Waals surface area contributed by atoms with Gasteiger partial charge >= 0.3 is 0 Å². The number of para-hydroxylation sites is 1. The zero-order chi connectivity index (χ0) is 10.3. The number of hydrogen-bond donors (Lipinski definition) is 1. The van der Waals surface area contributed by atoms with Crippen LogP contribution >= 0.6 is 11.8 Å². The lowest BCUT2D eigenvalue weighted by molar-refractivity contribution is 0.307. The zero-order valence-corrected chi connectivity index (χ0v) is 9.63. The van der Waals surface area contributed by atoms with Crippen LogP contribution in [0.15, 0.2) is 30.3 Å². The van der Waals surface area contributed by atoms with Crippen LogP contribution in [0.5, 0.6) is 5.75 Å². The van der Waals surface area contributed by atoms with E-state index >= 15 is 0 Å². The minimum absolute atomic E-state index is 0.703. The van der Waals surface area contributed by atoms with Crippen molar-refractivity contribution in [3.05, 3.63) is 30.3 Å². The highest BCUT2D eigenvalue weighted by Crippen LogP contribution is 2.16. The Morgan fingerprint density at radius 1 is 1.33 bits per heavy atom. The third kappa shape index (κ3) is 3.76. The molecule has 0 aromatic heterocycles. The molecule has 0 aliphatic carbocycles. The maximum absolute atomic E-state index is 5.60. The standard InChI is InChI=1S/C12H17NOS/c1-2-4-12(5-3-1)14-8-7-13-11-6-9-15-10-11/h1-5,11,13H,6-10H2. The van der Waals surface area contributed by atoms with Crippen LogP contribution in [0.3, 0.4) is 0 Å². The summed E-state index contributed by atoms with van der Waals surface area (Å²) < 4.78 is 5.60. The first-order chi connectivity index (χ1) is 7.45. The second kappa shape index (κ2) is 6.03. The van der Waals surface area contributed by atoms with Crippen molar-refractivity contribution in [2.24, 2.45) is 0 Å². The van der Waals surface area contributed by atoms with Crippen LogP contribution in [0.1, 0.15) is 6.42 Å². The molecule has 1 aliphatic heterocycles. The molecule has 2 rings (SSSR count). The van der Waals surface area contributed by atoms with Gasteiger partial charge in [-0.05, 0) is 24.3 Å². The first-order valence-corrected chi connectivity index (χ1v) is 6.59. The van der Waals surface area contributed by atoms with Crippen LogP contribution in [0.2, 0.25) is 0 Å². The zero-order valence-electron chi connectivity index (χ0n) is 8.82. The topological polar surface area (TPSA) is 21.3 Å². The molecule has 1 N–H and O–H groups in total. The second-order valence-corrected chi connectivity index (χ2v) is 4.83. The Morgan fingerprint density at radius 3 is 2.93 bits per heavy atom. The molecule has 1 saturated heterocycles. The fourth-order valence-corrected chi connectivity index (χ4v) is 2.83. The summed E-state index contributed by atoms with van der Waals surface area (Å²) in [6.45, 7) is 1.70. The van der Waals surface area contributed by atoms with Crippen molar-refractivity contribution >= 4 is 11.8 Å². The minimum atomic E-state index is 0.703. The molecule has 0 radical (unpaired) electrons. The molecule has 1 heterocycles. The van der Waals surface area contributed by atoms with Gasteiger partial charge in [0.05, 0.1) is 0 Å². The molecule has 1 atom stereocenters. The number of ether oxygens (including phenoxy) is 1. The molecule has 3 heteroatoms. The van der Waals surface area contributed by atoms with Gasteiger partial charge in [0.25, 0.3) is 0 Å². The number of nitrogens with one attached hydrogen (secondary N) is 1. The monoisotopic (exact) mass is 223 g/mol. The van der Waals surface area contributed by atoms with E-state index in [1.165, 1.54) is 17.9 Å². The second-order valence-electron chi connectivity index (χ2n) is 3.68. The van der Waals surface area contributed by atoms with Gasteiger partial charge in [-0.15, -0.1) is 0 Å². The fraction of sp³-hybridized carbons (Fsp3) is 0.500. The summed E-state index contributed by atoms with van der Waals surface area (Å²) in [7, 11) is 0. The van der Waals surface area contributed by atoms with E-state index in [2.05, 4.69) is 5.32 Å². The SMILES string of the molecule is c1ccc(OCCNC2CCSC2)cc1. The van der Waals surface area contributed by atoms with Gasteiger partial charge in [0.15, 0.2) is 0 Å². The van der Waals surface area contributed by atoms with Gasteiger partial charge < -0.3 is 10.1 Å². The van der Waals surface area contributed by atoms with E-state index in [0.717, 1.165) is 18.9 Å². The first kappa shape index (κ1) is 10.8. The summed E-state index contributed by atoms with van der Waals surface area (Å²) in [5, 5.41) is 3.51. The minimum Gasteiger partial charge on any atom is -0.492 e. The van der Waals surface area contributed by atoms with Crippen LogP contribution < -0.4 is 10.1 Å².